The van der Waals surface area contributed by atoms with Gasteiger partial charge in [0.25, 0.3) is 0 Å². The standard InChI is InChI=1S/C13H24N2O/c1-11(9-14-12-3-4-12)10-15(2)13-5-7-16-8-6-13/h12-14H,1,3-10H2,2H3. The van der Waals surface area contributed by atoms with E-state index in [9.17, 15) is 0 Å². The van der Waals surface area contributed by atoms with E-state index in [0.717, 1.165) is 32.3 Å². The van der Waals surface area contributed by atoms with Gasteiger partial charge < -0.3 is 10.1 Å². The molecule has 0 spiro atoms. The number of nitrogens with zero attached hydrogens (tertiary/aromatic N) is 1. The largest absolute Gasteiger partial charge is 0.381 e. The van der Waals surface area contributed by atoms with Crippen LogP contribution in [0.3, 0.4) is 0 Å². The molecule has 0 bridgehead atoms. The molecule has 1 saturated carbocycles. The molecule has 16 heavy (non-hydrogen) atoms. The van der Waals surface area contributed by atoms with Crippen molar-refractivity contribution in [2.24, 2.45) is 0 Å². The van der Waals surface area contributed by atoms with Crippen LogP contribution in [0.15, 0.2) is 12.2 Å². The lowest BCUT2D eigenvalue weighted by Crippen LogP contribution is -2.38. The molecule has 0 amide bonds. The highest BCUT2D eigenvalue weighted by molar-refractivity contribution is 5.02. The van der Waals surface area contributed by atoms with E-state index >= 15 is 0 Å². The summed E-state index contributed by atoms with van der Waals surface area (Å²) in [4.78, 5) is 2.43. The first-order valence-electron chi connectivity index (χ1n) is 6.43. The van der Waals surface area contributed by atoms with Crippen LogP contribution in [0.4, 0.5) is 0 Å². The summed E-state index contributed by atoms with van der Waals surface area (Å²) in [6, 6.07) is 1.47. The maximum Gasteiger partial charge on any atom is 0.0480 e. The highest BCUT2D eigenvalue weighted by Gasteiger charge is 2.21. The third-order valence-corrected chi connectivity index (χ3v) is 3.51. The second-order valence-electron chi connectivity index (χ2n) is 5.16. The Hall–Kier alpha value is -0.380. The van der Waals surface area contributed by atoms with E-state index in [1.807, 2.05) is 0 Å². The highest BCUT2D eigenvalue weighted by atomic mass is 16.5. The van der Waals surface area contributed by atoms with Gasteiger partial charge in [-0.3, -0.25) is 4.90 Å². The lowest BCUT2D eigenvalue weighted by Gasteiger charge is -2.31. The highest BCUT2D eigenvalue weighted by Crippen LogP contribution is 2.19. The Morgan fingerprint density at radius 2 is 2.00 bits per heavy atom. The number of hydrogen-bond acceptors (Lipinski definition) is 3. The molecule has 2 fully saturated rings. The van der Waals surface area contributed by atoms with Crippen LogP contribution in [0.5, 0.6) is 0 Å². The van der Waals surface area contributed by atoms with E-state index in [0.29, 0.717) is 6.04 Å². The molecule has 1 saturated heterocycles. The number of ether oxygens (including phenoxy) is 1. The van der Waals surface area contributed by atoms with Gasteiger partial charge in [0.2, 0.25) is 0 Å². The summed E-state index contributed by atoms with van der Waals surface area (Å²) in [5, 5.41) is 3.51. The molecule has 0 aromatic heterocycles. The Kier molecular flexibility index (Phi) is 4.38. The molecule has 3 nitrogen and oxygen atoms in total. The van der Waals surface area contributed by atoms with Gasteiger partial charge in [-0.15, -0.1) is 0 Å². The first kappa shape index (κ1) is 12.1. The van der Waals surface area contributed by atoms with Crippen LogP contribution in [0.25, 0.3) is 0 Å². The summed E-state index contributed by atoms with van der Waals surface area (Å²) in [5.41, 5.74) is 1.31. The van der Waals surface area contributed by atoms with Crippen molar-refractivity contribution in [1.82, 2.24) is 10.2 Å². The molecule has 1 aliphatic heterocycles. The number of hydrogen-bond donors (Lipinski definition) is 1. The summed E-state index contributed by atoms with van der Waals surface area (Å²) in [6.07, 6.45) is 5.03. The normalized spacial score (nSPS) is 22.6. The van der Waals surface area contributed by atoms with Gasteiger partial charge in [0.15, 0.2) is 0 Å². The topological polar surface area (TPSA) is 24.5 Å². The summed E-state index contributed by atoms with van der Waals surface area (Å²) < 4.78 is 5.38. The summed E-state index contributed by atoms with van der Waals surface area (Å²) in [7, 11) is 2.21. The average Bonchev–Trinajstić information content (AvgIpc) is 3.11. The lowest BCUT2D eigenvalue weighted by molar-refractivity contribution is 0.0457. The summed E-state index contributed by atoms with van der Waals surface area (Å²) in [5.74, 6) is 0. The van der Waals surface area contributed by atoms with Gasteiger partial charge in [-0.2, -0.15) is 0 Å². The summed E-state index contributed by atoms with van der Waals surface area (Å²) >= 11 is 0. The molecule has 0 radical (unpaired) electrons. The zero-order valence-corrected chi connectivity index (χ0v) is 10.4. The lowest BCUT2D eigenvalue weighted by atomic mass is 10.1. The first-order chi connectivity index (χ1) is 7.75. The molecular formula is C13H24N2O. The zero-order chi connectivity index (χ0) is 11.4. The predicted molar refractivity (Wildman–Crippen MR) is 66.6 cm³/mol. The Balaban J connectivity index is 1.63. The van der Waals surface area contributed by atoms with E-state index in [1.165, 1.54) is 31.3 Å². The van der Waals surface area contributed by atoms with Crippen molar-refractivity contribution in [1.29, 1.82) is 0 Å². The average molecular weight is 224 g/mol. The van der Waals surface area contributed by atoms with Crippen LogP contribution in [-0.4, -0.2) is 50.3 Å². The maximum atomic E-state index is 5.38. The van der Waals surface area contributed by atoms with Crippen LogP contribution in [0.2, 0.25) is 0 Å². The fraction of sp³-hybridized carbons (Fsp3) is 0.846. The molecular weight excluding hydrogens is 200 g/mol. The molecule has 2 rings (SSSR count). The fourth-order valence-electron chi connectivity index (χ4n) is 2.24. The molecule has 0 aromatic rings. The minimum atomic E-state index is 0.687. The van der Waals surface area contributed by atoms with Gasteiger partial charge in [-0.25, -0.2) is 0 Å². The van der Waals surface area contributed by atoms with Gasteiger partial charge in [0.1, 0.15) is 0 Å². The van der Waals surface area contributed by atoms with Crippen LogP contribution < -0.4 is 5.32 Å². The van der Waals surface area contributed by atoms with E-state index in [2.05, 4.69) is 23.8 Å². The third-order valence-electron chi connectivity index (χ3n) is 3.51. The van der Waals surface area contributed by atoms with Crippen LogP contribution in [0, 0.1) is 0 Å². The third kappa shape index (κ3) is 3.89. The SMILES string of the molecule is C=C(CNC1CC1)CN(C)C1CCOCC1. The number of rotatable bonds is 6. The number of likely N-dealkylation sites (N-methyl/N-ethyl adjacent to an activating group) is 1. The molecule has 1 aliphatic carbocycles. The molecule has 0 aromatic carbocycles. The van der Waals surface area contributed by atoms with Crippen molar-refractivity contribution in [2.75, 3.05) is 33.4 Å². The second-order valence-corrected chi connectivity index (χ2v) is 5.16. The van der Waals surface area contributed by atoms with Gasteiger partial charge in [0, 0.05) is 38.4 Å². The first-order valence-corrected chi connectivity index (χ1v) is 6.43. The van der Waals surface area contributed by atoms with E-state index in [1.54, 1.807) is 0 Å². The monoisotopic (exact) mass is 224 g/mol. The van der Waals surface area contributed by atoms with Gasteiger partial charge in [-0.1, -0.05) is 6.58 Å². The van der Waals surface area contributed by atoms with Crippen molar-refractivity contribution in [3.05, 3.63) is 12.2 Å². The van der Waals surface area contributed by atoms with Crippen molar-refractivity contribution in [3.63, 3.8) is 0 Å². The summed E-state index contributed by atoms with van der Waals surface area (Å²) in [6.45, 7) is 7.99. The van der Waals surface area contributed by atoms with Crippen molar-refractivity contribution >= 4 is 0 Å². The molecule has 0 atom stereocenters. The minimum Gasteiger partial charge on any atom is -0.381 e. The van der Waals surface area contributed by atoms with Crippen molar-refractivity contribution in [2.45, 2.75) is 37.8 Å². The number of nitrogens with one attached hydrogen (secondary N) is 1. The maximum absolute atomic E-state index is 5.38. The molecule has 3 heteroatoms. The van der Waals surface area contributed by atoms with Crippen LogP contribution >= 0.6 is 0 Å². The van der Waals surface area contributed by atoms with Gasteiger partial charge in [0.05, 0.1) is 0 Å². The Labute approximate surface area is 98.8 Å². The molecule has 92 valence electrons. The predicted octanol–water partition coefficient (Wildman–Crippen LogP) is 1.41. The second kappa shape index (κ2) is 5.80. The fourth-order valence-corrected chi connectivity index (χ4v) is 2.24. The molecule has 0 unspecified atom stereocenters. The minimum absolute atomic E-state index is 0.687. The van der Waals surface area contributed by atoms with Crippen molar-refractivity contribution < 1.29 is 4.74 Å². The quantitative estimate of drug-likeness (QED) is 0.690. The van der Waals surface area contributed by atoms with Crippen LogP contribution in [-0.2, 0) is 4.74 Å². The van der Waals surface area contributed by atoms with Crippen LogP contribution in [0.1, 0.15) is 25.7 Å². The Bertz CT molecular complexity index is 232. The molecule has 1 N–H and O–H groups in total. The Morgan fingerprint density at radius 1 is 1.31 bits per heavy atom. The van der Waals surface area contributed by atoms with E-state index in [-0.39, 0.29) is 0 Å². The Morgan fingerprint density at radius 3 is 2.62 bits per heavy atom. The smallest absolute Gasteiger partial charge is 0.0480 e. The zero-order valence-electron chi connectivity index (χ0n) is 10.4. The van der Waals surface area contributed by atoms with Crippen molar-refractivity contribution in [3.8, 4) is 0 Å². The van der Waals surface area contributed by atoms with E-state index < -0.39 is 0 Å². The molecule has 2 aliphatic rings. The van der Waals surface area contributed by atoms with E-state index in [4.69, 9.17) is 4.74 Å². The molecule has 1 heterocycles. The van der Waals surface area contributed by atoms with Gasteiger partial charge >= 0.3 is 0 Å². The van der Waals surface area contributed by atoms with Gasteiger partial charge in [-0.05, 0) is 38.3 Å².